The number of nitrogens with one attached hydrogen (secondary N) is 1. The maximum Gasteiger partial charge on any atom is 0.307 e. The van der Waals surface area contributed by atoms with Crippen LogP contribution >= 0.6 is 11.6 Å². The Morgan fingerprint density at radius 1 is 1.32 bits per heavy atom. The zero-order valence-corrected chi connectivity index (χ0v) is 11.7. The lowest BCUT2D eigenvalue weighted by atomic mass is 10.2. The monoisotopic (exact) mass is 298 g/mol. The second kappa shape index (κ2) is 5.07. The van der Waals surface area contributed by atoms with Crippen molar-refractivity contribution >= 4 is 33.4 Å². The fourth-order valence-electron chi connectivity index (χ4n) is 2.23. The summed E-state index contributed by atoms with van der Waals surface area (Å²) in [5, 5.41) is 11.5. The Labute approximate surface area is 117 Å². The average Bonchev–Trinajstić information content (AvgIpc) is 2.39. The summed E-state index contributed by atoms with van der Waals surface area (Å²) in [6, 6.07) is 5.09. The van der Waals surface area contributed by atoms with Crippen LogP contribution in [-0.2, 0) is 15.6 Å². The van der Waals surface area contributed by atoms with E-state index in [0.717, 1.165) is 11.5 Å². The SMILES string of the molecule is O=c1[nH]c2cc(Cl)ccc2c(O)c1[S+]1CCOCC1. The van der Waals surface area contributed by atoms with Gasteiger partial charge in [0, 0.05) is 21.3 Å². The predicted octanol–water partition coefficient (Wildman–Crippen LogP) is 1.89. The van der Waals surface area contributed by atoms with Crippen molar-refractivity contribution in [2.75, 3.05) is 24.7 Å². The molecule has 3 rings (SSSR count). The summed E-state index contributed by atoms with van der Waals surface area (Å²) >= 11 is 5.89. The minimum absolute atomic E-state index is 0.0839. The second-order valence-electron chi connectivity index (χ2n) is 4.34. The molecule has 1 aromatic carbocycles. The number of H-pyrrole nitrogens is 1. The molecule has 1 saturated heterocycles. The molecule has 19 heavy (non-hydrogen) atoms. The molecule has 0 atom stereocenters. The Morgan fingerprint density at radius 2 is 2.05 bits per heavy atom. The summed E-state index contributed by atoms with van der Waals surface area (Å²) < 4.78 is 5.30. The van der Waals surface area contributed by atoms with Crippen LogP contribution < -0.4 is 5.56 Å². The van der Waals surface area contributed by atoms with Crippen molar-refractivity contribution in [1.29, 1.82) is 0 Å². The molecular formula is C13H13ClNO3S+. The van der Waals surface area contributed by atoms with Crippen LogP contribution in [0.1, 0.15) is 0 Å². The second-order valence-corrected chi connectivity index (χ2v) is 6.98. The van der Waals surface area contributed by atoms with Crippen molar-refractivity contribution in [2.45, 2.75) is 4.90 Å². The summed E-state index contributed by atoms with van der Waals surface area (Å²) in [6.45, 7) is 1.28. The van der Waals surface area contributed by atoms with Gasteiger partial charge in [0.2, 0.25) is 0 Å². The minimum Gasteiger partial charge on any atom is -0.503 e. The number of benzene rings is 1. The van der Waals surface area contributed by atoms with Crippen LogP contribution in [0.15, 0.2) is 27.9 Å². The zero-order chi connectivity index (χ0) is 13.4. The molecule has 0 spiro atoms. The third kappa shape index (κ3) is 2.33. The van der Waals surface area contributed by atoms with E-state index in [0.29, 0.717) is 34.0 Å². The van der Waals surface area contributed by atoms with Crippen LogP contribution in [0.25, 0.3) is 10.9 Å². The number of aromatic hydroxyl groups is 1. The highest BCUT2D eigenvalue weighted by atomic mass is 35.5. The quantitative estimate of drug-likeness (QED) is 0.790. The predicted molar refractivity (Wildman–Crippen MR) is 77.4 cm³/mol. The highest BCUT2D eigenvalue weighted by molar-refractivity contribution is 7.97. The van der Waals surface area contributed by atoms with Gasteiger partial charge in [-0.3, -0.25) is 4.79 Å². The standard InChI is InChI=1S/C13H12ClNO3S/c14-8-1-2-9-10(7-8)15-13(17)12(11(9)16)19-5-3-18-4-6-19/h1-2,7H,3-6H2,(H-,15,16,17)/p+1. The molecule has 1 fully saturated rings. The van der Waals surface area contributed by atoms with Crippen molar-refractivity contribution < 1.29 is 9.84 Å². The molecule has 0 bridgehead atoms. The van der Waals surface area contributed by atoms with Gasteiger partial charge >= 0.3 is 5.56 Å². The van der Waals surface area contributed by atoms with Gasteiger partial charge in [-0.05, 0) is 18.2 Å². The van der Waals surface area contributed by atoms with E-state index in [1.165, 1.54) is 0 Å². The Morgan fingerprint density at radius 3 is 2.79 bits per heavy atom. The third-order valence-corrected chi connectivity index (χ3v) is 5.65. The van der Waals surface area contributed by atoms with Crippen molar-refractivity contribution in [2.24, 2.45) is 0 Å². The van der Waals surface area contributed by atoms with E-state index in [2.05, 4.69) is 4.98 Å². The molecule has 2 N–H and O–H groups in total. The number of aromatic nitrogens is 1. The van der Waals surface area contributed by atoms with Crippen LogP contribution in [-0.4, -0.2) is 34.8 Å². The van der Waals surface area contributed by atoms with Crippen LogP contribution in [0.2, 0.25) is 5.02 Å². The van der Waals surface area contributed by atoms with Crippen LogP contribution in [0, 0.1) is 0 Å². The molecule has 0 amide bonds. The summed E-state index contributed by atoms with van der Waals surface area (Å²) in [5.41, 5.74) is 0.341. The summed E-state index contributed by atoms with van der Waals surface area (Å²) in [6.07, 6.45) is 0. The molecule has 1 aliphatic heterocycles. The van der Waals surface area contributed by atoms with Crippen molar-refractivity contribution in [3.63, 3.8) is 0 Å². The van der Waals surface area contributed by atoms with Crippen LogP contribution in [0.3, 0.4) is 0 Å². The third-order valence-electron chi connectivity index (χ3n) is 3.14. The van der Waals surface area contributed by atoms with Gasteiger partial charge in [0.25, 0.3) is 4.90 Å². The van der Waals surface area contributed by atoms with Crippen molar-refractivity contribution in [1.82, 2.24) is 4.98 Å². The van der Waals surface area contributed by atoms with Gasteiger partial charge in [-0.25, -0.2) is 0 Å². The van der Waals surface area contributed by atoms with E-state index < -0.39 is 0 Å². The first kappa shape index (κ1) is 12.8. The van der Waals surface area contributed by atoms with Gasteiger partial charge in [0.15, 0.2) is 5.75 Å². The lowest BCUT2D eigenvalue weighted by Crippen LogP contribution is -2.30. The highest BCUT2D eigenvalue weighted by Gasteiger charge is 2.32. The summed E-state index contributed by atoms with van der Waals surface area (Å²) in [7, 11) is -0.244. The Balaban J connectivity index is 2.19. The fourth-order valence-corrected chi connectivity index (χ4v) is 4.35. The molecule has 2 aromatic rings. The van der Waals surface area contributed by atoms with E-state index in [-0.39, 0.29) is 22.2 Å². The van der Waals surface area contributed by atoms with Gasteiger partial charge in [-0.15, -0.1) is 0 Å². The van der Waals surface area contributed by atoms with Gasteiger partial charge in [0.05, 0.1) is 18.7 Å². The van der Waals surface area contributed by atoms with E-state index >= 15 is 0 Å². The minimum atomic E-state index is -0.244. The lowest BCUT2D eigenvalue weighted by molar-refractivity contribution is 0.159. The molecular weight excluding hydrogens is 286 g/mol. The van der Waals surface area contributed by atoms with Gasteiger partial charge in [0.1, 0.15) is 11.5 Å². The molecule has 0 aliphatic carbocycles. The summed E-state index contributed by atoms with van der Waals surface area (Å²) in [4.78, 5) is 15.5. The van der Waals surface area contributed by atoms with Crippen LogP contribution in [0.5, 0.6) is 5.75 Å². The van der Waals surface area contributed by atoms with E-state index in [1.807, 2.05) is 0 Å². The molecule has 4 nitrogen and oxygen atoms in total. The summed E-state index contributed by atoms with van der Waals surface area (Å²) in [5.74, 6) is 1.66. The van der Waals surface area contributed by atoms with Crippen molar-refractivity contribution in [3.8, 4) is 5.75 Å². The van der Waals surface area contributed by atoms with Gasteiger partial charge in [-0.2, -0.15) is 0 Å². The molecule has 100 valence electrons. The number of ether oxygens (including phenoxy) is 1. The highest BCUT2D eigenvalue weighted by Crippen LogP contribution is 2.31. The zero-order valence-electron chi connectivity index (χ0n) is 10.1. The maximum absolute atomic E-state index is 12.2. The fraction of sp³-hybridized carbons (Fsp3) is 0.308. The number of rotatable bonds is 1. The number of aromatic amines is 1. The maximum atomic E-state index is 12.2. The van der Waals surface area contributed by atoms with E-state index in [9.17, 15) is 9.90 Å². The molecule has 6 heteroatoms. The van der Waals surface area contributed by atoms with E-state index in [1.54, 1.807) is 18.2 Å². The largest absolute Gasteiger partial charge is 0.503 e. The number of pyridine rings is 1. The number of hydrogen-bond donors (Lipinski definition) is 2. The first-order valence-electron chi connectivity index (χ1n) is 5.96. The Bertz CT molecular complexity index is 679. The molecule has 1 aliphatic rings. The Hall–Kier alpha value is -1.17. The lowest BCUT2D eigenvalue weighted by Gasteiger charge is -2.14. The smallest absolute Gasteiger partial charge is 0.307 e. The molecule has 1 aromatic heterocycles. The number of halogens is 1. The normalized spacial score (nSPS) is 16.9. The average molecular weight is 299 g/mol. The van der Waals surface area contributed by atoms with Gasteiger partial charge in [-0.1, -0.05) is 11.6 Å². The number of fused-ring (bicyclic) bond motifs is 1. The topological polar surface area (TPSA) is 62.3 Å². The molecule has 2 heterocycles. The molecule has 0 unspecified atom stereocenters. The van der Waals surface area contributed by atoms with Crippen LogP contribution in [0.4, 0.5) is 0 Å². The Kier molecular flexibility index (Phi) is 3.43. The molecule has 0 saturated carbocycles. The van der Waals surface area contributed by atoms with E-state index in [4.69, 9.17) is 16.3 Å². The van der Waals surface area contributed by atoms with Crippen molar-refractivity contribution in [3.05, 3.63) is 33.6 Å². The first-order valence-corrected chi connectivity index (χ1v) is 7.90. The first-order chi connectivity index (χ1) is 9.16. The molecule has 0 radical (unpaired) electrons. The van der Waals surface area contributed by atoms with Gasteiger partial charge < -0.3 is 14.8 Å². The number of hydrogen-bond acceptors (Lipinski definition) is 3.